The molecule has 2 rings (SSSR count). The van der Waals surface area contributed by atoms with Crippen LogP contribution in [0.15, 0.2) is 29.2 Å². The topological polar surface area (TPSA) is 80.5 Å². The van der Waals surface area contributed by atoms with Gasteiger partial charge in [0.05, 0.1) is 10.9 Å². The summed E-state index contributed by atoms with van der Waals surface area (Å²) in [6, 6.07) is 6.75. The van der Waals surface area contributed by atoms with E-state index in [9.17, 15) is 13.2 Å². The van der Waals surface area contributed by atoms with Crippen LogP contribution >= 0.6 is 0 Å². The number of hydrogen-bond donors (Lipinski definition) is 1. The molecule has 2 N–H and O–H groups in total. The third-order valence-corrected chi connectivity index (χ3v) is 6.05. The highest BCUT2D eigenvalue weighted by Crippen LogP contribution is 2.29. The average molecular weight is 338 g/mol. The predicted octanol–water partition coefficient (Wildman–Crippen LogP) is 2.13. The van der Waals surface area contributed by atoms with E-state index in [0.29, 0.717) is 11.3 Å². The van der Waals surface area contributed by atoms with Gasteiger partial charge in [0.25, 0.3) is 0 Å². The second kappa shape index (κ2) is 7.01. The molecule has 1 fully saturated rings. The molecule has 0 aliphatic heterocycles. The van der Waals surface area contributed by atoms with Gasteiger partial charge in [-0.15, -0.1) is 0 Å². The van der Waals surface area contributed by atoms with Crippen LogP contribution in [0.25, 0.3) is 0 Å². The maximum atomic E-state index is 12.5. The van der Waals surface area contributed by atoms with Crippen molar-refractivity contribution < 1.29 is 13.2 Å². The highest BCUT2D eigenvalue weighted by molar-refractivity contribution is 7.90. The molecule has 0 heterocycles. The van der Waals surface area contributed by atoms with Gasteiger partial charge in [-0.25, -0.2) is 8.42 Å². The molecule has 5 nitrogen and oxygen atoms in total. The SMILES string of the molecule is CC(c1ccc(S(C)(=O)=O)cc1)N(C)C(=O)C[C@@H]1CCC[C@H]1N. The molecule has 1 aromatic carbocycles. The van der Waals surface area contributed by atoms with Crippen LogP contribution in [0.4, 0.5) is 0 Å². The lowest BCUT2D eigenvalue weighted by Crippen LogP contribution is -2.34. The zero-order valence-corrected chi connectivity index (χ0v) is 14.8. The van der Waals surface area contributed by atoms with Crippen LogP contribution in [0.2, 0.25) is 0 Å². The highest BCUT2D eigenvalue weighted by atomic mass is 32.2. The second-order valence-electron chi connectivity index (χ2n) is 6.58. The molecule has 1 unspecified atom stereocenters. The van der Waals surface area contributed by atoms with E-state index in [1.807, 2.05) is 6.92 Å². The van der Waals surface area contributed by atoms with Gasteiger partial charge in [0.2, 0.25) is 5.91 Å². The maximum Gasteiger partial charge on any atom is 0.223 e. The van der Waals surface area contributed by atoms with Crippen LogP contribution < -0.4 is 5.73 Å². The number of sulfone groups is 1. The maximum absolute atomic E-state index is 12.5. The Morgan fingerprint density at radius 1 is 1.30 bits per heavy atom. The number of carbonyl (C=O) groups excluding carboxylic acids is 1. The fourth-order valence-corrected chi connectivity index (χ4v) is 3.75. The predicted molar refractivity (Wildman–Crippen MR) is 90.7 cm³/mol. The van der Waals surface area contributed by atoms with Gasteiger partial charge in [-0.05, 0) is 43.4 Å². The van der Waals surface area contributed by atoms with Crippen LogP contribution in [-0.2, 0) is 14.6 Å². The Morgan fingerprint density at radius 3 is 2.39 bits per heavy atom. The molecule has 0 bridgehead atoms. The summed E-state index contributed by atoms with van der Waals surface area (Å²) in [6.07, 6.45) is 4.81. The third kappa shape index (κ3) is 4.32. The van der Waals surface area contributed by atoms with Crippen LogP contribution in [0.5, 0.6) is 0 Å². The van der Waals surface area contributed by atoms with Gasteiger partial charge in [-0.1, -0.05) is 18.6 Å². The molecule has 1 amide bonds. The molecule has 0 saturated heterocycles. The summed E-state index contributed by atoms with van der Waals surface area (Å²) in [4.78, 5) is 14.5. The minimum absolute atomic E-state index is 0.0899. The quantitative estimate of drug-likeness (QED) is 0.892. The number of carbonyl (C=O) groups is 1. The first-order valence-electron chi connectivity index (χ1n) is 8.01. The second-order valence-corrected chi connectivity index (χ2v) is 8.60. The van der Waals surface area contributed by atoms with Gasteiger partial charge in [0.15, 0.2) is 9.84 Å². The molecule has 1 saturated carbocycles. The molecule has 1 aromatic rings. The summed E-state index contributed by atoms with van der Waals surface area (Å²) < 4.78 is 23.0. The highest BCUT2D eigenvalue weighted by Gasteiger charge is 2.28. The van der Waals surface area contributed by atoms with Crippen LogP contribution in [0.1, 0.15) is 44.2 Å². The lowest BCUT2D eigenvalue weighted by atomic mass is 9.98. The zero-order valence-electron chi connectivity index (χ0n) is 14.0. The summed E-state index contributed by atoms with van der Waals surface area (Å²) in [5.74, 6) is 0.372. The Labute approximate surface area is 138 Å². The van der Waals surface area contributed by atoms with E-state index < -0.39 is 9.84 Å². The van der Waals surface area contributed by atoms with E-state index in [-0.39, 0.29) is 23.9 Å². The molecule has 23 heavy (non-hydrogen) atoms. The Kier molecular flexibility index (Phi) is 5.47. The number of nitrogens with zero attached hydrogens (tertiary/aromatic N) is 1. The number of benzene rings is 1. The fourth-order valence-electron chi connectivity index (χ4n) is 3.12. The molecule has 3 atom stereocenters. The number of hydrogen-bond acceptors (Lipinski definition) is 4. The fraction of sp³-hybridized carbons (Fsp3) is 0.588. The Bertz CT molecular complexity index is 655. The molecule has 128 valence electrons. The summed E-state index contributed by atoms with van der Waals surface area (Å²) in [6.45, 7) is 1.95. The van der Waals surface area contributed by atoms with Gasteiger partial charge >= 0.3 is 0 Å². The Balaban J connectivity index is 2.03. The van der Waals surface area contributed by atoms with Crippen molar-refractivity contribution >= 4 is 15.7 Å². The number of nitrogens with two attached hydrogens (primary N) is 1. The Hall–Kier alpha value is -1.40. The smallest absolute Gasteiger partial charge is 0.223 e. The number of amides is 1. The van der Waals surface area contributed by atoms with E-state index in [0.717, 1.165) is 24.8 Å². The minimum atomic E-state index is -3.20. The molecular formula is C17H26N2O3S. The van der Waals surface area contributed by atoms with E-state index in [2.05, 4.69) is 0 Å². The average Bonchev–Trinajstić information content (AvgIpc) is 2.90. The van der Waals surface area contributed by atoms with E-state index >= 15 is 0 Å². The van der Waals surface area contributed by atoms with Crippen LogP contribution in [0, 0.1) is 5.92 Å². The van der Waals surface area contributed by atoms with Crippen molar-refractivity contribution in [3.05, 3.63) is 29.8 Å². The normalized spacial score (nSPS) is 22.8. The summed E-state index contributed by atoms with van der Waals surface area (Å²) in [5, 5.41) is 0. The van der Waals surface area contributed by atoms with Crippen molar-refractivity contribution in [3.63, 3.8) is 0 Å². The standard InChI is InChI=1S/C17H26N2O3S/c1-12(13-7-9-15(10-8-13)23(3,21)22)19(2)17(20)11-14-5-4-6-16(14)18/h7-10,12,14,16H,4-6,11,18H2,1-3H3/t12?,14-,16+/m0/s1. The largest absolute Gasteiger partial charge is 0.339 e. The van der Waals surface area contributed by atoms with Gasteiger partial charge in [0, 0.05) is 25.8 Å². The van der Waals surface area contributed by atoms with Gasteiger partial charge in [-0.2, -0.15) is 0 Å². The molecule has 6 heteroatoms. The van der Waals surface area contributed by atoms with E-state index in [1.165, 1.54) is 6.26 Å². The van der Waals surface area contributed by atoms with Crippen molar-refractivity contribution in [1.29, 1.82) is 0 Å². The molecular weight excluding hydrogens is 312 g/mol. The van der Waals surface area contributed by atoms with Crippen molar-refractivity contribution in [3.8, 4) is 0 Å². The van der Waals surface area contributed by atoms with Crippen molar-refractivity contribution in [1.82, 2.24) is 4.90 Å². The van der Waals surface area contributed by atoms with Crippen LogP contribution in [-0.4, -0.2) is 38.6 Å². The molecule has 1 aliphatic carbocycles. The minimum Gasteiger partial charge on any atom is -0.339 e. The lowest BCUT2D eigenvalue weighted by molar-refractivity contribution is -0.132. The molecule has 0 spiro atoms. The number of rotatable bonds is 5. The molecule has 1 aliphatic rings. The Morgan fingerprint density at radius 2 is 1.91 bits per heavy atom. The van der Waals surface area contributed by atoms with Crippen LogP contribution in [0.3, 0.4) is 0 Å². The van der Waals surface area contributed by atoms with E-state index in [1.54, 1.807) is 36.2 Å². The third-order valence-electron chi connectivity index (χ3n) is 4.92. The lowest BCUT2D eigenvalue weighted by Gasteiger charge is -2.27. The monoisotopic (exact) mass is 338 g/mol. The van der Waals surface area contributed by atoms with Gasteiger partial charge in [-0.3, -0.25) is 4.79 Å². The first-order chi connectivity index (χ1) is 10.7. The molecule has 0 aromatic heterocycles. The van der Waals surface area contributed by atoms with Crippen molar-refractivity contribution in [2.24, 2.45) is 11.7 Å². The van der Waals surface area contributed by atoms with Gasteiger partial charge < -0.3 is 10.6 Å². The molecule has 0 radical (unpaired) electrons. The van der Waals surface area contributed by atoms with Crippen molar-refractivity contribution in [2.45, 2.75) is 49.6 Å². The van der Waals surface area contributed by atoms with Crippen molar-refractivity contribution in [2.75, 3.05) is 13.3 Å². The summed E-state index contributed by atoms with van der Waals surface area (Å²) in [5.41, 5.74) is 6.96. The summed E-state index contributed by atoms with van der Waals surface area (Å²) in [7, 11) is -1.41. The first kappa shape index (κ1) is 17.9. The van der Waals surface area contributed by atoms with Gasteiger partial charge in [0.1, 0.15) is 0 Å². The first-order valence-corrected chi connectivity index (χ1v) is 9.90. The van der Waals surface area contributed by atoms with E-state index in [4.69, 9.17) is 5.73 Å². The summed E-state index contributed by atoms with van der Waals surface area (Å²) >= 11 is 0. The zero-order chi connectivity index (χ0) is 17.2.